The Balaban J connectivity index is 0.000000816. The fourth-order valence-electron chi connectivity index (χ4n) is 2.11. The third-order valence-corrected chi connectivity index (χ3v) is 3.65. The minimum Gasteiger partial charge on any atom is -0.504 e. The van der Waals surface area contributed by atoms with Gasteiger partial charge in [0.15, 0.2) is 11.5 Å². The molecular weight excluding hydrogens is 320 g/mol. The van der Waals surface area contributed by atoms with Crippen LogP contribution in [0.1, 0.15) is 40.0 Å². The van der Waals surface area contributed by atoms with Crippen LogP contribution in [0, 0.1) is 0 Å². The zero-order valence-electron chi connectivity index (χ0n) is 13.9. The summed E-state index contributed by atoms with van der Waals surface area (Å²) in [4.78, 5) is 24.6. The van der Waals surface area contributed by atoms with Crippen LogP contribution in [0.4, 0.5) is 0 Å². The van der Waals surface area contributed by atoms with Crippen LogP contribution in [-0.2, 0) is 13.6 Å². The summed E-state index contributed by atoms with van der Waals surface area (Å²) in [6, 6.07) is 1.07. The molecule has 1 aromatic heterocycles. The topological polar surface area (TPSA) is 84.5 Å². The number of hydrogen-bond acceptors (Lipinski definition) is 4. The van der Waals surface area contributed by atoms with Crippen LogP contribution in [0.5, 0.6) is 11.5 Å². The molecule has 0 aliphatic heterocycles. The summed E-state index contributed by atoms with van der Waals surface area (Å²) in [5, 5.41) is 18.8. The zero-order chi connectivity index (χ0) is 17.7. The molecule has 7 heteroatoms. The van der Waals surface area contributed by atoms with Crippen molar-refractivity contribution in [3.05, 3.63) is 31.8 Å². The molecule has 128 valence electrons. The number of aromatic nitrogens is 2. The lowest BCUT2D eigenvalue weighted by Crippen LogP contribution is -2.37. The van der Waals surface area contributed by atoms with Crippen molar-refractivity contribution in [3.8, 4) is 11.5 Å². The molecule has 1 heterocycles. The van der Waals surface area contributed by atoms with Crippen molar-refractivity contribution in [1.29, 1.82) is 0 Å². The lowest BCUT2D eigenvalue weighted by Gasteiger charge is -2.14. The molecule has 0 fully saturated rings. The quantitative estimate of drug-likeness (QED) is 0.840. The van der Waals surface area contributed by atoms with Crippen LogP contribution in [0.15, 0.2) is 15.7 Å². The van der Waals surface area contributed by atoms with Crippen molar-refractivity contribution in [2.45, 2.75) is 46.6 Å². The number of phenols is 2. The second-order valence-corrected chi connectivity index (χ2v) is 5.68. The number of halogens is 1. The van der Waals surface area contributed by atoms with Crippen molar-refractivity contribution in [2.75, 3.05) is 0 Å². The van der Waals surface area contributed by atoms with Gasteiger partial charge >= 0.3 is 0 Å². The molecule has 0 radical (unpaired) electrons. The molecule has 2 aromatic rings. The second-order valence-electron chi connectivity index (χ2n) is 5.30. The summed E-state index contributed by atoms with van der Waals surface area (Å²) in [7, 11) is 1.47. The Labute approximate surface area is 139 Å². The molecule has 2 N–H and O–H groups in total. The third-order valence-electron chi connectivity index (χ3n) is 3.28. The largest absolute Gasteiger partial charge is 0.504 e. The van der Waals surface area contributed by atoms with Gasteiger partial charge in [0.2, 0.25) is 0 Å². The Morgan fingerprint density at radius 2 is 1.70 bits per heavy atom. The minimum atomic E-state index is -0.595. The van der Waals surface area contributed by atoms with Crippen LogP contribution in [0.2, 0.25) is 5.02 Å². The molecule has 0 atom stereocenters. The zero-order valence-corrected chi connectivity index (χ0v) is 14.6. The van der Waals surface area contributed by atoms with Crippen LogP contribution >= 0.6 is 11.6 Å². The monoisotopic (exact) mass is 342 g/mol. The highest BCUT2D eigenvalue weighted by Gasteiger charge is 2.18. The van der Waals surface area contributed by atoms with Gasteiger partial charge in [0.05, 0.1) is 15.8 Å². The molecule has 0 amide bonds. The molecule has 0 saturated heterocycles. The predicted molar refractivity (Wildman–Crippen MR) is 92.7 cm³/mol. The fourth-order valence-corrected chi connectivity index (χ4v) is 2.39. The van der Waals surface area contributed by atoms with Gasteiger partial charge in [-0.1, -0.05) is 45.2 Å². The molecule has 0 aliphatic rings. The predicted octanol–water partition coefficient (Wildman–Crippen LogP) is 2.98. The average Bonchev–Trinajstić information content (AvgIpc) is 2.51. The first-order valence-corrected chi connectivity index (χ1v) is 8.03. The van der Waals surface area contributed by atoms with Gasteiger partial charge in [0.25, 0.3) is 11.1 Å². The van der Waals surface area contributed by atoms with Crippen molar-refractivity contribution in [1.82, 2.24) is 9.36 Å². The average molecular weight is 343 g/mol. The van der Waals surface area contributed by atoms with Crippen LogP contribution in [0.3, 0.4) is 0 Å². The minimum absolute atomic E-state index is 0.00417. The Morgan fingerprint density at radius 1 is 1.13 bits per heavy atom. The molecule has 1 aromatic carbocycles. The molecule has 0 spiro atoms. The van der Waals surface area contributed by atoms with E-state index in [0.29, 0.717) is 6.54 Å². The van der Waals surface area contributed by atoms with Crippen molar-refractivity contribution < 1.29 is 10.2 Å². The highest BCUT2D eigenvalue weighted by Crippen LogP contribution is 2.36. The second kappa shape index (κ2) is 8.06. The number of fused-ring (bicyclic) bond motifs is 1. The molecular formula is C16H23ClN2O4. The summed E-state index contributed by atoms with van der Waals surface area (Å²) in [5.41, 5.74) is -0.913. The summed E-state index contributed by atoms with van der Waals surface area (Å²) in [5.74, 6) is -1.11. The lowest BCUT2D eigenvalue weighted by molar-refractivity contribution is 0.404. The molecule has 0 aliphatic carbocycles. The number of nitrogens with zero attached hydrogens (tertiary/aromatic N) is 2. The van der Waals surface area contributed by atoms with Crippen LogP contribution in [-0.4, -0.2) is 19.6 Å². The molecule has 23 heavy (non-hydrogen) atoms. The van der Waals surface area contributed by atoms with Crippen molar-refractivity contribution in [3.63, 3.8) is 0 Å². The van der Waals surface area contributed by atoms with Crippen molar-refractivity contribution >= 4 is 22.4 Å². The van der Waals surface area contributed by atoms with E-state index in [1.165, 1.54) is 22.8 Å². The van der Waals surface area contributed by atoms with E-state index in [-0.39, 0.29) is 15.8 Å². The van der Waals surface area contributed by atoms with Gasteiger partial charge < -0.3 is 10.2 Å². The lowest BCUT2D eigenvalue weighted by atomic mass is 10.1. The Bertz CT molecular complexity index is 809. The summed E-state index contributed by atoms with van der Waals surface area (Å²) in [6.45, 7) is 6.63. The maximum atomic E-state index is 12.4. The number of unbranched alkanes of at least 4 members (excludes halogenated alkanes) is 1. The number of hydrogen-bond donors (Lipinski definition) is 2. The number of rotatable bonds is 3. The number of benzene rings is 1. The van der Waals surface area contributed by atoms with E-state index in [0.717, 1.165) is 18.9 Å². The van der Waals surface area contributed by atoms with Crippen molar-refractivity contribution in [2.24, 2.45) is 7.05 Å². The smallest absolute Gasteiger partial charge is 0.274 e. The SMILES string of the molecule is CCC.CCCCn1c(=O)c2cc(O)c(O)c(Cl)c2c(=O)n1C. The van der Waals surface area contributed by atoms with Crippen LogP contribution < -0.4 is 11.1 Å². The number of phenolic OH excluding ortho intramolecular Hbond substituents is 2. The van der Waals surface area contributed by atoms with E-state index in [1.807, 2.05) is 6.92 Å². The highest BCUT2D eigenvalue weighted by atomic mass is 35.5. The molecule has 0 saturated carbocycles. The van der Waals surface area contributed by atoms with E-state index in [1.54, 1.807) is 0 Å². The number of aromatic hydroxyl groups is 2. The fraction of sp³-hybridized carbons (Fsp3) is 0.500. The van der Waals surface area contributed by atoms with E-state index < -0.39 is 22.6 Å². The van der Waals surface area contributed by atoms with E-state index in [9.17, 15) is 19.8 Å². The Morgan fingerprint density at radius 3 is 2.22 bits per heavy atom. The van der Waals surface area contributed by atoms with Gasteiger partial charge in [-0.05, 0) is 12.5 Å². The summed E-state index contributed by atoms with van der Waals surface area (Å²) < 4.78 is 2.49. The molecule has 0 bridgehead atoms. The van der Waals surface area contributed by atoms with Gasteiger partial charge in [-0.25, -0.2) is 4.68 Å². The van der Waals surface area contributed by atoms with E-state index in [4.69, 9.17) is 11.6 Å². The molecule has 0 unspecified atom stereocenters. The standard InChI is InChI=1S/C13H15ClN2O4.C3H8/c1-3-4-5-16-12(19)7-6-8(17)11(18)10(14)9(7)13(20)15(16)2;1-3-2/h6,17-18H,3-5H2,1-2H3;3H2,1-2H3. The van der Waals surface area contributed by atoms with Gasteiger partial charge in [-0.3, -0.25) is 14.3 Å². The highest BCUT2D eigenvalue weighted by molar-refractivity contribution is 6.37. The maximum absolute atomic E-state index is 12.4. The molecule has 6 nitrogen and oxygen atoms in total. The van der Waals surface area contributed by atoms with E-state index in [2.05, 4.69) is 13.8 Å². The van der Waals surface area contributed by atoms with E-state index >= 15 is 0 Å². The first-order chi connectivity index (χ1) is 10.8. The molecule has 2 rings (SSSR count). The maximum Gasteiger partial charge on any atom is 0.274 e. The summed E-state index contributed by atoms with van der Waals surface area (Å²) in [6.07, 6.45) is 2.87. The normalized spacial score (nSPS) is 10.5. The third kappa shape index (κ3) is 3.69. The Hall–Kier alpha value is -1.95. The van der Waals surface area contributed by atoms with Gasteiger partial charge in [-0.15, -0.1) is 0 Å². The van der Waals surface area contributed by atoms with Crippen LogP contribution in [0.25, 0.3) is 10.8 Å². The van der Waals surface area contributed by atoms with Gasteiger partial charge in [0.1, 0.15) is 0 Å². The van der Waals surface area contributed by atoms with Gasteiger partial charge in [0, 0.05) is 13.6 Å². The summed E-state index contributed by atoms with van der Waals surface area (Å²) >= 11 is 5.87. The van der Waals surface area contributed by atoms with Gasteiger partial charge in [-0.2, -0.15) is 0 Å². The first-order valence-electron chi connectivity index (χ1n) is 7.65. The first kappa shape index (κ1) is 19.1. The Kier molecular flexibility index (Phi) is 6.69.